The fraction of sp³-hybridized carbons (Fsp3) is 1.00. The van der Waals surface area contributed by atoms with Crippen LogP contribution in [-0.2, 0) is 0 Å². The van der Waals surface area contributed by atoms with E-state index in [4.69, 9.17) is 11.6 Å². The molecule has 134 valence electrons. The van der Waals surface area contributed by atoms with E-state index in [-0.39, 0.29) is 0 Å². The smallest absolute Gasteiger partial charge is 0.0249 e. The van der Waals surface area contributed by atoms with Crippen molar-refractivity contribution in [2.75, 3.05) is 5.88 Å². The molecule has 0 amide bonds. The Kier molecular flexibility index (Phi) is 19.6. The molecule has 0 nitrogen and oxygen atoms in total. The molecule has 0 aromatic carbocycles. The van der Waals surface area contributed by atoms with Crippen molar-refractivity contribution in [2.24, 2.45) is 5.92 Å². The Morgan fingerprint density at radius 2 is 0.864 bits per heavy atom. The van der Waals surface area contributed by atoms with Crippen molar-refractivity contribution in [1.29, 1.82) is 0 Å². The Morgan fingerprint density at radius 1 is 0.545 bits per heavy atom. The molecule has 1 unspecified atom stereocenters. The summed E-state index contributed by atoms with van der Waals surface area (Å²) in [6, 6.07) is 0. The number of hydrogen-bond acceptors (Lipinski definition) is 0. The maximum atomic E-state index is 5.82. The lowest BCUT2D eigenvalue weighted by Crippen LogP contribution is -1.95. The molecule has 22 heavy (non-hydrogen) atoms. The van der Waals surface area contributed by atoms with Gasteiger partial charge in [-0.05, 0) is 12.3 Å². The molecular weight excluding hydrogens is 288 g/mol. The van der Waals surface area contributed by atoms with Gasteiger partial charge < -0.3 is 0 Å². The van der Waals surface area contributed by atoms with E-state index >= 15 is 0 Å². The van der Waals surface area contributed by atoms with Crippen molar-refractivity contribution in [1.82, 2.24) is 0 Å². The van der Waals surface area contributed by atoms with Crippen LogP contribution in [0.15, 0.2) is 0 Å². The molecule has 0 heterocycles. The normalized spacial score (nSPS) is 12.7. The Bertz CT molecular complexity index is 190. The van der Waals surface area contributed by atoms with Crippen molar-refractivity contribution in [3.05, 3.63) is 0 Å². The quantitative estimate of drug-likeness (QED) is 0.174. The number of alkyl halides is 1. The molecule has 0 aliphatic heterocycles. The van der Waals surface area contributed by atoms with Crippen LogP contribution in [0.25, 0.3) is 0 Å². The van der Waals surface area contributed by atoms with E-state index in [0.29, 0.717) is 5.92 Å². The molecule has 0 aliphatic rings. The highest BCUT2D eigenvalue weighted by molar-refractivity contribution is 6.18. The maximum Gasteiger partial charge on any atom is 0.0249 e. The number of rotatable bonds is 18. The molecule has 0 rings (SSSR count). The lowest BCUT2D eigenvalue weighted by Gasteiger charge is -2.06. The first-order valence-corrected chi connectivity index (χ1v) is 10.9. The second-order valence-corrected chi connectivity index (χ2v) is 7.66. The third-order valence-electron chi connectivity index (χ3n) is 4.81. The first-order chi connectivity index (χ1) is 10.8. The summed E-state index contributed by atoms with van der Waals surface area (Å²) in [6.45, 7) is 4.56. The zero-order chi connectivity index (χ0) is 16.3. The lowest BCUT2D eigenvalue weighted by molar-refractivity contribution is 0.504. The summed E-state index contributed by atoms with van der Waals surface area (Å²) in [5.41, 5.74) is 0. The van der Waals surface area contributed by atoms with Gasteiger partial charge in [0, 0.05) is 5.88 Å². The van der Waals surface area contributed by atoms with Crippen LogP contribution in [0.4, 0.5) is 0 Å². The Labute approximate surface area is 146 Å². The molecule has 0 bridgehead atoms. The maximum absolute atomic E-state index is 5.82. The zero-order valence-corrected chi connectivity index (χ0v) is 16.4. The van der Waals surface area contributed by atoms with Gasteiger partial charge in [0.05, 0.1) is 0 Å². The second-order valence-electron chi connectivity index (χ2n) is 7.35. The SMILES string of the molecule is CCCCCCCCCCCCCCCCCCC(C)CCl. The number of hydrogen-bond donors (Lipinski definition) is 0. The van der Waals surface area contributed by atoms with Crippen molar-refractivity contribution >= 4 is 11.6 Å². The van der Waals surface area contributed by atoms with E-state index in [9.17, 15) is 0 Å². The Hall–Kier alpha value is 0.290. The fourth-order valence-corrected chi connectivity index (χ4v) is 3.27. The van der Waals surface area contributed by atoms with Gasteiger partial charge in [-0.3, -0.25) is 0 Å². The summed E-state index contributed by atoms with van der Waals surface area (Å²) in [5.74, 6) is 1.55. The summed E-state index contributed by atoms with van der Waals surface area (Å²) in [6.07, 6.45) is 24.5. The van der Waals surface area contributed by atoms with E-state index in [1.165, 1.54) is 109 Å². The summed E-state index contributed by atoms with van der Waals surface area (Å²) in [4.78, 5) is 0. The molecule has 1 atom stereocenters. The lowest BCUT2D eigenvalue weighted by atomic mass is 10.0. The van der Waals surface area contributed by atoms with Crippen molar-refractivity contribution in [3.63, 3.8) is 0 Å². The third-order valence-corrected chi connectivity index (χ3v) is 5.34. The summed E-state index contributed by atoms with van der Waals surface area (Å²) >= 11 is 5.82. The Morgan fingerprint density at radius 3 is 1.18 bits per heavy atom. The first-order valence-electron chi connectivity index (χ1n) is 10.4. The molecule has 0 radical (unpaired) electrons. The minimum absolute atomic E-state index is 0.716. The minimum Gasteiger partial charge on any atom is -0.126 e. The highest BCUT2D eigenvalue weighted by Gasteiger charge is 1.99. The first kappa shape index (κ1) is 22.3. The standard InChI is InChI=1S/C21H43Cl/c1-3-4-5-6-7-8-9-10-11-12-13-14-15-16-17-18-19-21(2)20-22/h21H,3-20H2,1-2H3. The third kappa shape index (κ3) is 18.3. The number of unbranched alkanes of at least 4 members (excludes halogenated alkanes) is 15. The molecule has 0 saturated carbocycles. The topological polar surface area (TPSA) is 0 Å². The zero-order valence-electron chi connectivity index (χ0n) is 15.7. The van der Waals surface area contributed by atoms with Gasteiger partial charge in [-0.15, -0.1) is 11.6 Å². The molecule has 0 aromatic rings. The van der Waals surface area contributed by atoms with E-state index in [2.05, 4.69) is 13.8 Å². The van der Waals surface area contributed by atoms with E-state index in [1.54, 1.807) is 0 Å². The van der Waals surface area contributed by atoms with Crippen LogP contribution in [0.3, 0.4) is 0 Å². The largest absolute Gasteiger partial charge is 0.126 e. The molecule has 0 spiro atoms. The molecule has 1 heteroatoms. The Balaban J connectivity index is 2.97. The van der Waals surface area contributed by atoms with Crippen LogP contribution in [0.2, 0.25) is 0 Å². The summed E-state index contributed by atoms with van der Waals surface area (Å²) in [7, 11) is 0. The van der Waals surface area contributed by atoms with Gasteiger partial charge in [0.2, 0.25) is 0 Å². The van der Waals surface area contributed by atoms with Crippen molar-refractivity contribution < 1.29 is 0 Å². The van der Waals surface area contributed by atoms with Crippen LogP contribution in [-0.4, -0.2) is 5.88 Å². The highest BCUT2D eigenvalue weighted by atomic mass is 35.5. The predicted octanol–water partition coefficient (Wildman–Crippen LogP) is 8.51. The van der Waals surface area contributed by atoms with Gasteiger partial charge in [0.1, 0.15) is 0 Å². The van der Waals surface area contributed by atoms with Crippen molar-refractivity contribution in [3.8, 4) is 0 Å². The van der Waals surface area contributed by atoms with Gasteiger partial charge in [0.25, 0.3) is 0 Å². The van der Waals surface area contributed by atoms with E-state index in [1.807, 2.05) is 0 Å². The van der Waals surface area contributed by atoms with Crippen LogP contribution in [0, 0.1) is 5.92 Å². The van der Waals surface area contributed by atoms with Gasteiger partial charge in [-0.2, -0.15) is 0 Å². The van der Waals surface area contributed by atoms with Crippen LogP contribution >= 0.6 is 11.6 Å². The molecule has 0 fully saturated rings. The average molecular weight is 331 g/mol. The van der Waals surface area contributed by atoms with E-state index < -0.39 is 0 Å². The summed E-state index contributed by atoms with van der Waals surface area (Å²) in [5, 5.41) is 0. The van der Waals surface area contributed by atoms with Crippen molar-refractivity contribution in [2.45, 2.75) is 123 Å². The molecular formula is C21H43Cl. The monoisotopic (exact) mass is 330 g/mol. The van der Waals surface area contributed by atoms with Gasteiger partial charge in [-0.25, -0.2) is 0 Å². The molecule has 0 aliphatic carbocycles. The van der Waals surface area contributed by atoms with Gasteiger partial charge in [0.15, 0.2) is 0 Å². The molecule has 0 N–H and O–H groups in total. The number of halogens is 1. The van der Waals surface area contributed by atoms with Crippen LogP contribution in [0.5, 0.6) is 0 Å². The van der Waals surface area contributed by atoms with Crippen LogP contribution < -0.4 is 0 Å². The molecule has 0 saturated heterocycles. The van der Waals surface area contributed by atoms with Gasteiger partial charge in [-0.1, -0.05) is 117 Å². The summed E-state index contributed by atoms with van der Waals surface area (Å²) < 4.78 is 0. The van der Waals surface area contributed by atoms with Crippen LogP contribution in [0.1, 0.15) is 123 Å². The average Bonchev–Trinajstić information content (AvgIpc) is 2.54. The fourth-order valence-electron chi connectivity index (χ4n) is 3.12. The van der Waals surface area contributed by atoms with E-state index in [0.717, 1.165) is 5.88 Å². The second kappa shape index (κ2) is 19.3. The van der Waals surface area contributed by atoms with Gasteiger partial charge >= 0.3 is 0 Å². The predicted molar refractivity (Wildman–Crippen MR) is 104 cm³/mol. The molecule has 0 aromatic heterocycles. The minimum atomic E-state index is 0.716. The highest BCUT2D eigenvalue weighted by Crippen LogP contribution is 2.15.